The molecule has 0 saturated heterocycles. The molecule has 0 unspecified atom stereocenters. The Morgan fingerprint density at radius 1 is 1.58 bits per heavy atom. The van der Waals surface area contributed by atoms with Gasteiger partial charge < -0.3 is 10.5 Å². The molecule has 0 rings (SSSR count). The van der Waals surface area contributed by atoms with E-state index in [4.69, 9.17) is 5.73 Å². The number of carbonyl (C=O) groups excluding carboxylic acids is 1. The van der Waals surface area contributed by atoms with Crippen molar-refractivity contribution in [2.75, 3.05) is 0 Å². The average Bonchev–Trinajstić information content (AvgIpc) is 2.01. The summed E-state index contributed by atoms with van der Waals surface area (Å²) in [6, 6.07) is 0. The van der Waals surface area contributed by atoms with E-state index >= 15 is 0 Å². The van der Waals surface area contributed by atoms with Crippen LogP contribution in [0.3, 0.4) is 0 Å². The summed E-state index contributed by atoms with van der Waals surface area (Å²) in [5.74, 6) is 0. The largest absolute Gasteiger partial charge is 0.418 e. The quantitative estimate of drug-likeness (QED) is 0.479. The first-order chi connectivity index (χ1) is 5.66. The second-order valence-corrected chi connectivity index (χ2v) is 3.84. The van der Waals surface area contributed by atoms with Gasteiger partial charge in [-0.1, -0.05) is 19.8 Å². The van der Waals surface area contributed by atoms with Gasteiger partial charge in [-0.3, -0.25) is 0 Å². The molecule has 0 heterocycles. The van der Waals surface area contributed by atoms with Gasteiger partial charge in [0, 0.05) is 3.58 Å². The number of hydrogen-bond donors (Lipinski definition) is 1. The van der Waals surface area contributed by atoms with Gasteiger partial charge in [0.15, 0.2) is 0 Å². The third-order valence-corrected chi connectivity index (χ3v) is 2.12. The van der Waals surface area contributed by atoms with Crippen molar-refractivity contribution in [3.63, 3.8) is 0 Å². The average molecular weight is 283 g/mol. The lowest BCUT2D eigenvalue weighted by Gasteiger charge is -1.97. The van der Waals surface area contributed by atoms with Crippen molar-refractivity contribution in [2.24, 2.45) is 5.73 Å². The third kappa shape index (κ3) is 7.84. The predicted octanol–water partition coefficient (Wildman–Crippen LogP) is 2.94. The molecule has 2 N–H and O–H groups in total. The molecular weight excluding hydrogens is 269 g/mol. The molecular formula is C8H14INO2. The highest BCUT2D eigenvalue weighted by molar-refractivity contribution is 14.1. The maximum Gasteiger partial charge on any atom is 0.409 e. The molecule has 3 nitrogen and oxygen atoms in total. The highest BCUT2D eigenvalue weighted by atomic mass is 127. The second-order valence-electron chi connectivity index (χ2n) is 2.46. The van der Waals surface area contributed by atoms with Crippen LogP contribution in [0.1, 0.15) is 32.6 Å². The van der Waals surface area contributed by atoms with Gasteiger partial charge in [-0.25, -0.2) is 4.79 Å². The molecule has 0 aliphatic heterocycles. The molecule has 0 atom stereocenters. The summed E-state index contributed by atoms with van der Waals surface area (Å²) in [6.45, 7) is 2.15. The number of carbonyl (C=O) groups is 1. The predicted molar refractivity (Wildman–Crippen MR) is 56.9 cm³/mol. The maximum atomic E-state index is 10.2. The number of hydrogen-bond acceptors (Lipinski definition) is 2. The van der Waals surface area contributed by atoms with Crippen LogP contribution in [0, 0.1) is 0 Å². The summed E-state index contributed by atoms with van der Waals surface area (Å²) < 4.78 is 5.53. The van der Waals surface area contributed by atoms with Crippen LogP contribution in [-0.2, 0) is 4.74 Å². The minimum absolute atomic E-state index is 0.750. The summed E-state index contributed by atoms with van der Waals surface area (Å²) >= 11 is 2.14. The summed E-state index contributed by atoms with van der Waals surface area (Å²) in [7, 11) is 0. The molecule has 1 amide bonds. The van der Waals surface area contributed by atoms with Crippen LogP contribution in [0.15, 0.2) is 9.84 Å². The lowest BCUT2D eigenvalue weighted by Crippen LogP contribution is -2.09. The van der Waals surface area contributed by atoms with Crippen LogP contribution < -0.4 is 5.73 Å². The zero-order valence-corrected chi connectivity index (χ0v) is 9.34. The number of rotatable bonds is 5. The number of amides is 1. The number of nitrogens with two attached hydrogens (primary N) is 1. The Morgan fingerprint density at radius 2 is 2.25 bits per heavy atom. The summed E-state index contributed by atoms with van der Waals surface area (Å²) in [5.41, 5.74) is 4.79. The molecule has 0 fully saturated rings. The standard InChI is InChI=1S/C8H14INO2/c1-2-3-4-5-7(9)6-12-8(10)11/h6H,2-5H2,1H3,(H2,10,11). The van der Waals surface area contributed by atoms with Crippen LogP contribution in [0.25, 0.3) is 0 Å². The Kier molecular flexibility index (Phi) is 7.23. The fourth-order valence-corrected chi connectivity index (χ4v) is 1.23. The second kappa shape index (κ2) is 7.39. The summed E-state index contributed by atoms with van der Waals surface area (Å²) in [4.78, 5) is 10.2. The van der Waals surface area contributed by atoms with E-state index in [1.807, 2.05) is 0 Å². The van der Waals surface area contributed by atoms with Crippen molar-refractivity contribution in [3.8, 4) is 0 Å². The Hall–Kier alpha value is -0.260. The molecule has 0 radical (unpaired) electrons. The minimum Gasteiger partial charge on any atom is -0.418 e. The topological polar surface area (TPSA) is 52.3 Å². The summed E-state index contributed by atoms with van der Waals surface area (Å²) in [5, 5.41) is 0. The van der Waals surface area contributed by atoms with Crippen molar-refractivity contribution in [1.82, 2.24) is 0 Å². The van der Waals surface area contributed by atoms with Gasteiger partial charge >= 0.3 is 6.09 Å². The number of halogens is 1. The van der Waals surface area contributed by atoms with E-state index in [9.17, 15) is 4.79 Å². The molecule has 0 spiro atoms. The van der Waals surface area contributed by atoms with E-state index in [2.05, 4.69) is 34.3 Å². The van der Waals surface area contributed by atoms with Gasteiger partial charge in [0.25, 0.3) is 0 Å². The molecule has 0 aromatic heterocycles. The Labute approximate surface area is 86.5 Å². The van der Waals surface area contributed by atoms with Crippen molar-refractivity contribution in [3.05, 3.63) is 9.84 Å². The van der Waals surface area contributed by atoms with Crippen molar-refractivity contribution >= 4 is 28.7 Å². The molecule has 0 saturated carbocycles. The first kappa shape index (κ1) is 11.7. The van der Waals surface area contributed by atoms with E-state index in [0.29, 0.717) is 0 Å². The molecule has 0 aromatic carbocycles. The summed E-state index contributed by atoms with van der Waals surface area (Å²) in [6.07, 6.45) is 5.16. The van der Waals surface area contributed by atoms with Gasteiger partial charge in [-0.05, 0) is 35.4 Å². The SMILES string of the molecule is CCCCCC(I)=COC(N)=O. The molecule has 4 heteroatoms. The van der Waals surface area contributed by atoms with E-state index in [1.165, 1.54) is 19.1 Å². The minimum atomic E-state index is -0.750. The zero-order chi connectivity index (χ0) is 9.40. The third-order valence-electron chi connectivity index (χ3n) is 1.32. The molecule has 0 aliphatic carbocycles. The van der Waals surface area contributed by atoms with E-state index < -0.39 is 6.09 Å². The van der Waals surface area contributed by atoms with Crippen LogP contribution in [0.2, 0.25) is 0 Å². The lowest BCUT2D eigenvalue weighted by atomic mass is 10.2. The van der Waals surface area contributed by atoms with Gasteiger partial charge in [0.05, 0.1) is 0 Å². The van der Waals surface area contributed by atoms with Crippen molar-refractivity contribution < 1.29 is 9.53 Å². The van der Waals surface area contributed by atoms with E-state index in [1.54, 1.807) is 0 Å². The maximum absolute atomic E-state index is 10.2. The molecule has 0 aliphatic rings. The van der Waals surface area contributed by atoms with Gasteiger partial charge in [-0.2, -0.15) is 0 Å². The number of ether oxygens (including phenoxy) is 1. The van der Waals surface area contributed by atoms with Crippen LogP contribution >= 0.6 is 22.6 Å². The zero-order valence-electron chi connectivity index (χ0n) is 7.18. The molecule has 0 aromatic rings. The molecule has 70 valence electrons. The number of primary amides is 1. The fraction of sp³-hybridized carbons (Fsp3) is 0.625. The Bertz CT molecular complexity index is 168. The first-order valence-electron chi connectivity index (χ1n) is 3.97. The monoisotopic (exact) mass is 283 g/mol. The number of unbranched alkanes of at least 4 members (excludes halogenated alkanes) is 2. The van der Waals surface area contributed by atoms with Crippen molar-refractivity contribution in [2.45, 2.75) is 32.6 Å². The smallest absolute Gasteiger partial charge is 0.409 e. The molecule has 12 heavy (non-hydrogen) atoms. The number of allylic oxidation sites excluding steroid dienone is 1. The first-order valence-corrected chi connectivity index (χ1v) is 5.05. The Balaban J connectivity index is 3.49. The lowest BCUT2D eigenvalue weighted by molar-refractivity contribution is 0.196. The van der Waals surface area contributed by atoms with Gasteiger partial charge in [-0.15, -0.1) is 0 Å². The van der Waals surface area contributed by atoms with E-state index in [0.717, 1.165) is 16.4 Å². The highest BCUT2D eigenvalue weighted by Crippen LogP contribution is 2.15. The molecule has 0 bridgehead atoms. The van der Waals surface area contributed by atoms with Gasteiger partial charge in [0.2, 0.25) is 0 Å². The Morgan fingerprint density at radius 3 is 2.75 bits per heavy atom. The van der Waals surface area contributed by atoms with Crippen LogP contribution in [0.4, 0.5) is 4.79 Å². The van der Waals surface area contributed by atoms with E-state index in [-0.39, 0.29) is 0 Å². The van der Waals surface area contributed by atoms with Crippen LogP contribution in [0.5, 0.6) is 0 Å². The van der Waals surface area contributed by atoms with Crippen molar-refractivity contribution in [1.29, 1.82) is 0 Å². The van der Waals surface area contributed by atoms with Gasteiger partial charge in [0.1, 0.15) is 6.26 Å². The van der Waals surface area contributed by atoms with Crippen LogP contribution in [-0.4, -0.2) is 6.09 Å². The highest BCUT2D eigenvalue weighted by Gasteiger charge is 1.94. The fourth-order valence-electron chi connectivity index (χ4n) is 0.725. The normalized spacial score (nSPS) is 11.3.